The number of nitro benzene ring substituents is 1. The number of nitrogens with zero attached hydrogens (tertiary/aromatic N) is 1. The highest BCUT2D eigenvalue weighted by atomic mass is 16.6. The fourth-order valence-corrected chi connectivity index (χ4v) is 2.59. The van der Waals surface area contributed by atoms with Gasteiger partial charge in [0, 0.05) is 36.1 Å². The Bertz CT molecular complexity index is 442. The van der Waals surface area contributed by atoms with E-state index in [0.29, 0.717) is 6.04 Å². The fraction of sp³-hybridized carbons (Fsp3) is 0.571. The lowest BCUT2D eigenvalue weighted by Gasteiger charge is -2.24. The minimum atomic E-state index is -0.340. The summed E-state index contributed by atoms with van der Waals surface area (Å²) >= 11 is 0. The number of nitro groups is 1. The molecule has 0 aliphatic heterocycles. The molecule has 0 atom stereocenters. The van der Waals surface area contributed by atoms with E-state index < -0.39 is 0 Å². The van der Waals surface area contributed by atoms with Gasteiger partial charge in [-0.15, -0.1) is 0 Å². The first-order valence-corrected chi connectivity index (χ1v) is 6.99. The quantitative estimate of drug-likeness (QED) is 0.626. The summed E-state index contributed by atoms with van der Waals surface area (Å²) < 4.78 is 0. The van der Waals surface area contributed by atoms with Crippen LogP contribution in [0.2, 0.25) is 0 Å². The number of benzene rings is 1. The summed E-state index contributed by atoms with van der Waals surface area (Å²) in [7, 11) is 0. The van der Waals surface area contributed by atoms with E-state index in [4.69, 9.17) is 0 Å². The first kappa shape index (κ1) is 13.6. The molecule has 2 N–H and O–H groups in total. The summed E-state index contributed by atoms with van der Waals surface area (Å²) in [5.41, 5.74) is 1.78. The molecule has 0 spiro atoms. The van der Waals surface area contributed by atoms with Crippen molar-refractivity contribution in [2.45, 2.75) is 45.1 Å². The molecular formula is C14H21N3O2. The number of nitrogens with one attached hydrogen (secondary N) is 2. The molecule has 0 bridgehead atoms. The second-order valence-corrected chi connectivity index (χ2v) is 5.04. The summed E-state index contributed by atoms with van der Waals surface area (Å²) in [6, 6.07) is 5.60. The van der Waals surface area contributed by atoms with E-state index in [1.54, 1.807) is 12.1 Å². The van der Waals surface area contributed by atoms with E-state index in [2.05, 4.69) is 10.6 Å². The molecule has 1 aromatic rings. The van der Waals surface area contributed by atoms with Crippen molar-refractivity contribution in [1.82, 2.24) is 0 Å². The third-order valence-corrected chi connectivity index (χ3v) is 3.49. The van der Waals surface area contributed by atoms with Gasteiger partial charge < -0.3 is 10.6 Å². The van der Waals surface area contributed by atoms with Crippen LogP contribution in [0.3, 0.4) is 0 Å². The average molecular weight is 263 g/mol. The summed E-state index contributed by atoms with van der Waals surface area (Å²) in [6.45, 7) is 2.73. The van der Waals surface area contributed by atoms with Gasteiger partial charge in [0.25, 0.3) is 5.69 Å². The first-order valence-electron chi connectivity index (χ1n) is 6.99. The first-order chi connectivity index (χ1) is 9.19. The van der Waals surface area contributed by atoms with Gasteiger partial charge in [0.1, 0.15) is 0 Å². The summed E-state index contributed by atoms with van der Waals surface area (Å²) in [5, 5.41) is 17.5. The van der Waals surface area contributed by atoms with Crippen molar-refractivity contribution in [3.63, 3.8) is 0 Å². The van der Waals surface area contributed by atoms with Crippen LogP contribution >= 0.6 is 0 Å². The fourth-order valence-electron chi connectivity index (χ4n) is 2.59. The van der Waals surface area contributed by atoms with Crippen molar-refractivity contribution >= 4 is 17.1 Å². The van der Waals surface area contributed by atoms with Gasteiger partial charge in [0.15, 0.2) is 0 Å². The average Bonchev–Trinajstić information content (AvgIpc) is 2.40. The Kier molecular flexibility index (Phi) is 4.60. The molecule has 0 aromatic heterocycles. The molecule has 1 aliphatic carbocycles. The highest BCUT2D eigenvalue weighted by molar-refractivity contribution is 5.63. The Hall–Kier alpha value is -1.78. The maximum Gasteiger partial charge on any atom is 0.273 e. The molecule has 1 aromatic carbocycles. The van der Waals surface area contributed by atoms with E-state index in [1.807, 2.05) is 13.0 Å². The van der Waals surface area contributed by atoms with Gasteiger partial charge in [0.05, 0.1) is 4.92 Å². The number of hydrogen-bond acceptors (Lipinski definition) is 4. The van der Waals surface area contributed by atoms with E-state index in [1.165, 1.54) is 19.3 Å². The number of hydrogen-bond donors (Lipinski definition) is 2. The lowest BCUT2D eigenvalue weighted by molar-refractivity contribution is -0.384. The SMILES string of the molecule is CCNc1cc(NC2CCCCC2)cc([N+](=O)[O-])c1. The van der Waals surface area contributed by atoms with Crippen molar-refractivity contribution in [3.8, 4) is 0 Å². The highest BCUT2D eigenvalue weighted by Gasteiger charge is 2.15. The van der Waals surface area contributed by atoms with E-state index in [9.17, 15) is 10.1 Å². The molecule has 19 heavy (non-hydrogen) atoms. The standard InChI is InChI=1S/C14H21N3O2/c1-2-15-12-8-13(10-14(9-12)17(18)19)16-11-6-4-3-5-7-11/h8-11,15-16H,2-7H2,1H3. The molecule has 104 valence electrons. The van der Waals surface area contributed by atoms with Crippen LogP contribution in [0.15, 0.2) is 18.2 Å². The molecule has 5 nitrogen and oxygen atoms in total. The van der Waals surface area contributed by atoms with Gasteiger partial charge in [-0.1, -0.05) is 19.3 Å². The summed E-state index contributed by atoms with van der Waals surface area (Å²) in [6.07, 6.45) is 6.09. The van der Waals surface area contributed by atoms with E-state index in [-0.39, 0.29) is 10.6 Å². The maximum absolute atomic E-state index is 11.0. The van der Waals surface area contributed by atoms with Crippen LogP contribution in [0.25, 0.3) is 0 Å². The zero-order valence-electron chi connectivity index (χ0n) is 11.3. The van der Waals surface area contributed by atoms with Gasteiger partial charge >= 0.3 is 0 Å². The van der Waals surface area contributed by atoms with Crippen LogP contribution in [0.4, 0.5) is 17.1 Å². The van der Waals surface area contributed by atoms with E-state index in [0.717, 1.165) is 30.8 Å². The number of anilines is 2. The zero-order chi connectivity index (χ0) is 13.7. The van der Waals surface area contributed by atoms with Crippen molar-refractivity contribution in [2.75, 3.05) is 17.2 Å². The zero-order valence-corrected chi connectivity index (χ0v) is 11.3. The van der Waals surface area contributed by atoms with Crippen molar-refractivity contribution in [3.05, 3.63) is 28.3 Å². The summed E-state index contributed by atoms with van der Waals surface area (Å²) in [5.74, 6) is 0. The Morgan fingerprint density at radius 1 is 1.21 bits per heavy atom. The lowest BCUT2D eigenvalue weighted by Crippen LogP contribution is -2.22. The topological polar surface area (TPSA) is 67.2 Å². The maximum atomic E-state index is 11.0. The second kappa shape index (κ2) is 6.41. The molecular weight excluding hydrogens is 242 g/mol. The van der Waals surface area contributed by atoms with Gasteiger partial charge in [-0.25, -0.2) is 0 Å². The third-order valence-electron chi connectivity index (χ3n) is 3.49. The largest absolute Gasteiger partial charge is 0.385 e. The highest BCUT2D eigenvalue weighted by Crippen LogP contribution is 2.27. The van der Waals surface area contributed by atoms with E-state index >= 15 is 0 Å². The van der Waals surface area contributed by atoms with Gasteiger partial charge in [-0.2, -0.15) is 0 Å². The lowest BCUT2D eigenvalue weighted by atomic mass is 9.95. The van der Waals surface area contributed by atoms with Gasteiger partial charge in [-0.05, 0) is 25.8 Å². The van der Waals surface area contributed by atoms with Gasteiger partial charge in [-0.3, -0.25) is 10.1 Å². The van der Waals surface area contributed by atoms with Crippen LogP contribution in [0.5, 0.6) is 0 Å². The molecule has 0 amide bonds. The molecule has 0 heterocycles. The molecule has 1 aliphatic rings. The molecule has 1 fully saturated rings. The molecule has 5 heteroatoms. The Morgan fingerprint density at radius 2 is 1.89 bits per heavy atom. The minimum absolute atomic E-state index is 0.136. The molecule has 0 unspecified atom stereocenters. The van der Waals surface area contributed by atoms with Gasteiger partial charge in [0.2, 0.25) is 0 Å². The Labute approximate surface area is 113 Å². The number of rotatable bonds is 5. The predicted octanol–water partition coefficient (Wildman–Crippen LogP) is 3.77. The molecule has 0 saturated heterocycles. The molecule has 0 radical (unpaired) electrons. The number of non-ortho nitro benzene ring substituents is 1. The monoisotopic (exact) mass is 263 g/mol. The van der Waals surface area contributed by atoms with Crippen LogP contribution in [-0.2, 0) is 0 Å². The minimum Gasteiger partial charge on any atom is -0.385 e. The third kappa shape index (κ3) is 3.84. The second-order valence-electron chi connectivity index (χ2n) is 5.04. The van der Waals surface area contributed by atoms with Crippen molar-refractivity contribution < 1.29 is 4.92 Å². The van der Waals surface area contributed by atoms with Crippen LogP contribution in [0.1, 0.15) is 39.0 Å². The molecule has 1 saturated carbocycles. The summed E-state index contributed by atoms with van der Waals surface area (Å²) in [4.78, 5) is 10.6. The van der Waals surface area contributed by atoms with Crippen LogP contribution < -0.4 is 10.6 Å². The van der Waals surface area contributed by atoms with Crippen LogP contribution in [-0.4, -0.2) is 17.5 Å². The van der Waals surface area contributed by atoms with Crippen molar-refractivity contribution in [1.29, 1.82) is 0 Å². The molecule has 2 rings (SSSR count). The smallest absolute Gasteiger partial charge is 0.273 e. The van der Waals surface area contributed by atoms with Crippen molar-refractivity contribution in [2.24, 2.45) is 0 Å². The Balaban J connectivity index is 2.15. The Morgan fingerprint density at radius 3 is 2.53 bits per heavy atom. The normalized spacial score (nSPS) is 16.1. The van der Waals surface area contributed by atoms with Crippen LogP contribution in [0, 0.1) is 10.1 Å². The predicted molar refractivity (Wildman–Crippen MR) is 77.8 cm³/mol.